The molecule has 1 saturated carbocycles. The standard InChI is InChI=1S/C17H20FNO3S/c1-10-14-6-12(18)4-5-15(14)23-16(10)17(21)19-7-13(20)9-22-8-11-2-3-11/h4-6,11,13,20H,2-3,7-9H2,1H3,(H,19,21). The van der Waals surface area contributed by atoms with Crippen molar-refractivity contribution >= 4 is 27.3 Å². The zero-order valence-corrected chi connectivity index (χ0v) is 13.8. The lowest BCUT2D eigenvalue weighted by atomic mass is 10.1. The van der Waals surface area contributed by atoms with E-state index in [9.17, 15) is 14.3 Å². The van der Waals surface area contributed by atoms with Crippen LogP contribution in [0.3, 0.4) is 0 Å². The zero-order valence-electron chi connectivity index (χ0n) is 13.0. The Kier molecular flexibility index (Phi) is 4.94. The van der Waals surface area contributed by atoms with Crippen LogP contribution in [0.25, 0.3) is 10.1 Å². The predicted molar refractivity (Wildman–Crippen MR) is 88.4 cm³/mol. The number of nitrogens with one attached hydrogen (secondary N) is 1. The van der Waals surface area contributed by atoms with Crippen LogP contribution < -0.4 is 5.32 Å². The second-order valence-corrected chi connectivity index (χ2v) is 7.09. The summed E-state index contributed by atoms with van der Waals surface area (Å²) in [5, 5.41) is 13.3. The van der Waals surface area contributed by atoms with Gasteiger partial charge in [-0.15, -0.1) is 11.3 Å². The first-order chi connectivity index (χ1) is 11.0. The highest BCUT2D eigenvalue weighted by molar-refractivity contribution is 7.21. The molecule has 2 aromatic rings. The number of aryl methyl sites for hydroxylation is 1. The molecule has 1 fully saturated rings. The fraction of sp³-hybridized carbons (Fsp3) is 0.471. The molecule has 1 amide bonds. The highest BCUT2D eigenvalue weighted by atomic mass is 32.1. The average molecular weight is 337 g/mol. The molecule has 6 heteroatoms. The van der Waals surface area contributed by atoms with E-state index >= 15 is 0 Å². The number of benzene rings is 1. The number of carbonyl (C=O) groups is 1. The van der Waals surface area contributed by atoms with Gasteiger partial charge >= 0.3 is 0 Å². The minimum Gasteiger partial charge on any atom is -0.389 e. The van der Waals surface area contributed by atoms with Crippen LogP contribution in [0.15, 0.2) is 18.2 Å². The number of aliphatic hydroxyl groups is 1. The summed E-state index contributed by atoms with van der Waals surface area (Å²) in [6.45, 7) is 2.87. The lowest BCUT2D eigenvalue weighted by Crippen LogP contribution is -2.34. The van der Waals surface area contributed by atoms with Gasteiger partial charge in [0.05, 0.1) is 17.6 Å². The third kappa shape index (κ3) is 4.07. The van der Waals surface area contributed by atoms with Gasteiger partial charge in [0, 0.05) is 17.9 Å². The summed E-state index contributed by atoms with van der Waals surface area (Å²) in [4.78, 5) is 12.8. The van der Waals surface area contributed by atoms with E-state index in [2.05, 4.69) is 5.32 Å². The zero-order chi connectivity index (χ0) is 16.4. The molecule has 3 rings (SSSR count). The van der Waals surface area contributed by atoms with E-state index in [0.717, 1.165) is 15.6 Å². The lowest BCUT2D eigenvalue weighted by molar-refractivity contribution is 0.0321. The first-order valence-corrected chi connectivity index (χ1v) is 8.59. The molecule has 1 unspecified atom stereocenters. The quantitative estimate of drug-likeness (QED) is 0.817. The molecule has 0 aliphatic heterocycles. The van der Waals surface area contributed by atoms with E-state index in [-0.39, 0.29) is 24.9 Å². The van der Waals surface area contributed by atoms with Crippen LogP contribution in [0.2, 0.25) is 0 Å². The minimum absolute atomic E-state index is 0.144. The van der Waals surface area contributed by atoms with Gasteiger partial charge in [-0.1, -0.05) is 0 Å². The fourth-order valence-corrected chi connectivity index (χ4v) is 3.52. The van der Waals surface area contributed by atoms with Crippen LogP contribution >= 0.6 is 11.3 Å². The molecule has 1 aromatic carbocycles. The number of carbonyl (C=O) groups excluding carboxylic acids is 1. The van der Waals surface area contributed by atoms with Crippen LogP contribution in [0.1, 0.15) is 28.1 Å². The number of hydrogen-bond donors (Lipinski definition) is 2. The predicted octanol–water partition coefficient (Wildman–Crippen LogP) is 2.87. The van der Waals surface area contributed by atoms with E-state index in [1.807, 2.05) is 6.92 Å². The van der Waals surface area contributed by atoms with Gasteiger partial charge in [-0.3, -0.25) is 4.79 Å². The second kappa shape index (κ2) is 6.95. The maximum absolute atomic E-state index is 13.3. The molecule has 1 aliphatic carbocycles. The number of hydrogen-bond acceptors (Lipinski definition) is 4. The van der Waals surface area contributed by atoms with E-state index in [0.29, 0.717) is 17.4 Å². The van der Waals surface area contributed by atoms with Crippen LogP contribution in [0, 0.1) is 18.7 Å². The molecule has 0 spiro atoms. The molecule has 1 heterocycles. The number of aliphatic hydroxyl groups excluding tert-OH is 1. The van der Waals surface area contributed by atoms with Crippen LogP contribution in [0.4, 0.5) is 4.39 Å². The molecule has 0 saturated heterocycles. The van der Waals surface area contributed by atoms with E-state index in [4.69, 9.17) is 4.74 Å². The Morgan fingerprint density at radius 3 is 3.04 bits per heavy atom. The van der Waals surface area contributed by atoms with Crippen molar-refractivity contribution in [1.29, 1.82) is 0 Å². The molecule has 1 aliphatic rings. The van der Waals surface area contributed by atoms with Gasteiger partial charge in [-0.25, -0.2) is 4.39 Å². The van der Waals surface area contributed by atoms with Crippen molar-refractivity contribution in [3.05, 3.63) is 34.5 Å². The van der Waals surface area contributed by atoms with Crippen molar-refractivity contribution in [2.24, 2.45) is 5.92 Å². The fourth-order valence-electron chi connectivity index (χ4n) is 2.41. The molecular formula is C17H20FNO3S. The third-order valence-corrected chi connectivity index (χ3v) is 5.24. The first-order valence-electron chi connectivity index (χ1n) is 7.77. The Balaban J connectivity index is 1.56. The molecule has 2 N–H and O–H groups in total. The van der Waals surface area contributed by atoms with E-state index in [1.54, 1.807) is 6.07 Å². The van der Waals surface area contributed by atoms with Crippen molar-refractivity contribution < 1.29 is 19.0 Å². The van der Waals surface area contributed by atoms with Gasteiger partial charge < -0.3 is 15.2 Å². The molecule has 1 atom stereocenters. The molecule has 4 nitrogen and oxygen atoms in total. The first kappa shape index (κ1) is 16.4. The van der Waals surface area contributed by atoms with Gasteiger partial charge in [0.15, 0.2) is 0 Å². The number of amides is 1. The topological polar surface area (TPSA) is 58.6 Å². The number of fused-ring (bicyclic) bond motifs is 1. The summed E-state index contributed by atoms with van der Waals surface area (Å²) in [5.41, 5.74) is 0.765. The van der Waals surface area contributed by atoms with E-state index in [1.165, 1.54) is 36.3 Å². The molecular weight excluding hydrogens is 317 g/mol. The Labute approximate surface area is 138 Å². The highest BCUT2D eigenvalue weighted by Gasteiger charge is 2.22. The van der Waals surface area contributed by atoms with Crippen LogP contribution in [-0.4, -0.2) is 36.9 Å². The van der Waals surface area contributed by atoms with Gasteiger partial charge in [0.1, 0.15) is 5.82 Å². The van der Waals surface area contributed by atoms with Crippen molar-refractivity contribution in [2.75, 3.05) is 19.8 Å². The maximum atomic E-state index is 13.3. The second-order valence-electron chi connectivity index (χ2n) is 6.04. The summed E-state index contributed by atoms with van der Waals surface area (Å²) in [5.74, 6) is 0.0947. The van der Waals surface area contributed by atoms with Gasteiger partial charge in [0.2, 0.25) is 0 Å². The number of rotatable bonds is 7. The Hall–Kier alpha value is -1.50. The average Bonchev–Trinajstić information content (AvgIpc) is 3.29. The molecule has 0 radical (unpaired) electrons. The van der Waals surface area contributed by atoms with Crippen molar-refractivity contribution in [3.8, 4) is 0 Å². The van der Waals surface area contributed by atoms with Crippen LogP contribution in [0.5, 0.6) is 0 Å². The maximum Gasteiger partial charge on any atom is 0.261 e. The molecule has 0 bridgehead atoms. The highest BCUT2D eigenvalue weighted by Crippen LogP contribution is 2.31. The smallest absolute Gasteiger partial charge is 0.261 e. The van der Waals surface area contributed by atoms with Crippen molar-refractivity contribution in [3.63, 3.8) is 0 Å². The largest absolute Gasteiger partial charge is 0.389 e. The van der Waals surface area contributed by atoms with Gasteiger partial charge in [-0.05, 0) is 54.8 Å². The van der Waals surface area contributed by atoms with Crippen LogP contribution in [-0.2, 0) is 4.74 Å². The molecule has 124 valence electrons. The third-order valence-electron chi connectivity index (χ3n) is 3.96. The number of thiophene rings is 1. The lowest BCUT2D eigenvalue weighted by Gasteiger charge is -2.12. The summed E-state index contributed by atoms with van der Waals surface area (Å²) in [7, 11) is 0. The van der Waals surface area contributed by atoms with E-state index < -0.39 is 6.10 Å². The minimum atomic E-state index is -0.718. The molecule has 1 aromatic heterocycles. The normalized spacial score (nSPS) is 15.8. The number of halogens is 1. The molecule has 23 heavy (non-hydrogen) atoms. The summed E-state index contributed by atoms with van der Waals surface area (Å²) in [6, 6.07) is 4.51. The Bertz CT molecular complexity index is 711. The summed E-state index contributed by atoms with van der Waals surface area (Å²) >= 11 is 1.33. The summed E-state index contributed by atoms with van der Waals surface area (Å²) < 4.78 is 19.6. The Morgan fingerprint density at radius 2 is 2.30 bits per heavy atom. The Morgan fingerprint density at radius 1 is 1.52 bits per heavy atom. The van der Waals surface area contributed by atoms with Crippen molar-refractivity contribution in [2.45, 2.75) is 25.9 Å². The van der Waals surface area contributed by atoms with Gasteiger partial charge in [0.25, 0.3) is 5.91 Å². The number of ether oxygens (including phenoxy) is 1. The monoisotopic (exact) mass is 337 g/mol. The van der Waals surface area contributed by atoms with Crippen molar-refractivity contribution in [1.82, 2.24) is 5.32 Å². The van der Waals surface area contributed by atoms with Gasteiger partial charge in [-0.2, -0.15) is 0 Å². The SMILES string of the molecule is Cc1c(C(=O)NCC(O)COCC2CC2)sc2ccc(F)cc12. The summed E-state index contributed by atoms with van der Waals surface area (Å²) in [6.07, 6.45) is 1.70.